The molecule has 0 radical (unpaired) electrons. The molecule has 0 aliphatic heterocycles. The summed E-state index contributed by atoms with van der Waals surface area (Å²) in [4.78, 5) is 32.7. The third-order valence-electron chi connectivity index (χ3n) is 3.27. The zero-order valence-electron chi connectivity index (χ0n) is 12.1. The van der Waals surface area contributed by atoms with Gasteiger partial charge >= 0.3 is 5.97 Å². The van der Waals surface area contributed by atoms with Crippen molar-refractivity contribution in [2.75, 3.05) is 0 Å². The maximum Gasteiger partial charge on any atom is 0.338 e. The summed E-state index contributed by atoms with van der Waals surface area (Å²) in [5.41, 5.74) is 0.137. The molecule has 2 aromatic rings. The van der Waals surface area contributed by atoms with Crippen molar-refractivity contribution in [2.24, 2.45) is 0 Å². The lowest BCUT2D eigenvalue weighted by Gasteiger charge is -2.08. The van der Waals surface area contributed by atoms with Crippen LogP contribution < -0.4 is 0 Å². The lowest BCUT2D eigenvalue weighted by molar-refractivity contribution is -0.385. The van der Waals surface area contributed by atoms with E-state index in [0.717, 1.165) is 0 Å². The maximum atomic E-state index is 12.1. The van der Waals surface area contributed by atoms with Crippen molar-refractivity contribution in [3.8, 4) is 0 Å². The average Bonchev–Trinajstić information content (AvgIpc) is 2.52. The maximum absolute atomic E-state index is 12.1. The van der Waals surface area contributed by atoms with Crippen LogP contribution in [0.25, 0.3) is 0 Å². The third kappa shape index (κ3) is 3.49. The van der Waals surface area contributed by atoms with Crippen LogP contribution in [0.5, 0.6) is 0 Å². The number of nitrogens with zero attached hydrogens (tertiary/aromatic N) is 2. The molecule has 0 spiro atoms. The Morgan fingerprint density at radius 3 is 2.26 bits per heavy atom. The Kier molecular flexibility index (Phi) is 4.65. The van der Waals surface area contributed by atoms with Crippen molar-refractivity contribution in [3.63, 3.8) is 0 Å². The molecule has 0 aliphatic rings. The molecule has 2 rings (SSSR count). The van der Waals surface area contributed by atoms with Crippen LogP contribution in [0, 0.1) is 27.2 Å². The van der Waals surface area contributed by atoms with Crippen LogP contribution in [0.1, 0.15) is 21.5 Å². The second kappa shape index (κ2) is 6.65. The topological polar surface area (TPSA) is 113 Å². The molecule has 0 N–H and O–H groups in total. The Morgan fingerprint density at radius 1 is 1.00 bits per heavy atom. The summed E-state index contributed by atoms with van der Waals surface area (Å²) in [6, 6.07) is 9.96. The van der Waals surface area contributed by atoms with Crippen molar-refractivity contribution >= 4 is 17.3 Å². The Hall–Kier alpha value is -3.29. The first-order valence-corrected chi connectivity index (χ1v) is 6.55. The number of para-hydroxylation sites is 1. The van der Waals surface area contributed by atoms with Gasteiger partial charge in [0.25, 0.3) is 11.4 Å². The van der Waals surface area contributed by atoms with Gasteiger partial charge in [0.1, 0.15) is 6.61 Å². The fourth-order valence-electron chi connectivity index (χ4n) is 2.07. The summed E-state index contributed by atoms with van der Waals surface area (Å²) in [5.74, 6) is -0.774. The van der Waals surface area contributed by atoms with Gasteiger partial charge in [-0.05, 0) is 19.1 Å². The summed E-state index contributed by atoms with van der Waals surface area (Å²) in [6.07, 6.45) is 0. The molecular weight excluding hydrogens is 304 g/mol. The zero-order chi connectivity index (χ0) is 17.0. The molecule has 2 aromatic carbocycles. The predicted octanol–water partition coefficient (Wildman–Crippen LogP) is 3.17. The molecule has 0 unspecified atom stereocenters. The van der Waals surface area contributed by atoms with E-state index in [4.69, 9.17) is 4.74 Å². The number of carbonyl (C=O) groups is 1. The van der Waals surface area contributed by atoms with Crippen molar-refractivity contribution in [1.29, 1.82) is 0 Å². The molecule has 0 saturated heterocycles. The fourth-order valence-corrected chi connectivity index (χ4v) is 2.07. The summed E-state index contributed by atoms with van der Waals surface area (Å²) in [7, 11) is 0. The van der Waals surface area contributed by atoms with E-state index < -0.39 is 15.8 Å². The van der Waals surface area contributed by atoms with Crippen molar-refractivity contribution in [1.82, 2.24) is 0 Å². The smallest absolute Gasteiger partial charge is 0.338 e. The zero-order valence-corrected chi connectivity index (χ0v) is 12.1. The highest BCUT2D eigenvalue weighted by molar-refractivity contribution is 5.92. The molecule has 0 bridgehead atoms. The number of hydrogen-bond donors (Lipinski definition) is 0. The minimum Gasteiger partial charge on any atom is -0.457 e. The summed E-state index contributed by atoms with van der Waals surface area (Å²) < 4.78 is 5.05. The van der Waals surface area contributed by atoms with Gasteiger partial charge in [0.15, 0.2) is 0 Å². The molecule has 118 valence electrons. The normalized spacial score (nSPS) is 10.1. The standard InChI is InChI=1S/C15H12N2O6/c1-10-12(6-4-8-13(10)16(19)20)15(18)23-9-11-5-2-3-7-14(11)17(21)22/h2-8H,9H2,1H3. The van der Waals surface area contributed by atoms with Gasteiger partial charge in [-0.1, -0.05) is 18.2 Å². The van der Waals surface area contributed by atoms with E-state index in [1.807, 2.05) is 0 Å². The van der Waals surface area contributed by atoms with E-state index in [1.54, 1.807) is 6.07 Å². The van der Waals surface area contributed by atoms with Crippen LogP contribution in [0.15, 0.2) is 42.5 Å². The van der Waals surface area contributed by atoms with Crippen LogP contribution in [0.3, 0.4) is 0 Å². The van der Waals surface area contributed by atoms with Gasteiger partial charge in [-0.3, -0.25) is 20.2 Å². The molecule has 0 aromatic heterocycles. The third-order valence-corrected chi connectivity index (χ3v) is 3.27. The Morgan fingerprint density at radius 2 is 1.61 bits per heavy atom. The van der Waals surface area contributed by atoms with Gasteiger partial charge in [0.05, 0.1) is 21.0 Å². The van der Waals surface area contributed by atoms with E-state index in [9.17, 15) is 25.0 Å². The summed E-state index contributed by atoms with van der Waals surface area (Å²) >= 11 is 0. The van der Waals surface area contributed by atoms with Gasteiger partial charge in [0, 0.05) is 17.7 Å². The van der Waals surface area contributed by atoms with E-state index in [1.165, 1.54) is 43.3 Å². The van der Waals surface area contributed by atoms with E-state index in [2.05, 4.69) is 0 Å². The van der Waals surface area contributed by atoms with Crippen LogP contribution in [0.2, 0.25) is 0 Å². The highest BCUT2D eigenvalue weighted by Crippen LogP contribution is 2.23. The molecule has 0 fully saturated rings. The second-order valence-electron chi connectivity index (χ2n) is 4.67. The number of benzene rings is 2. The fraction of sp³-hybridized carbons (Fsp3) is 0.133. The quantitative estimate of drug-likeness (QED) is 0.475. The molecule has 0 aliphatic carbocycles. The van der Waals surface area contributed by atoms with E-state index in [-0.39, 0.29) is 34.7 Å². The molecule has 8 nitrogen and oxygen atoms in total. The highest BCUT2D eigenvalue weighted by atomic mass is 16.6. The first-order valence-electron chi connectivity index (χ1n) is 6.55. The Bertz CT molecular complexity index is 787. The molecule has 0 saturated carbocycles. The Balaban J connectivity index is 2.20. The minimum absolute atomic E-state index is 0.0535. The van der Waals surface area contributed by atoms with Crippen molar-refractivity contribution in [3.05, 3.63) is 79.4 Å². The lowest BCUT2D eigenvalue weighted by atomic mass is 10.1. The number of esters is 1. The largest absolute Gasteiger partial charge is 0.457 e. The first-order chi connectivity index (χ1) is 10.9. The number of rotatable bonds is 5. The van der Waals surface area contributed by atoms with E-state index in [0.29, 0.717) is 0 Å². The average molecular weight is 316 g/mol. The second-order valence-corrected chi connectivity index (χ2v) is 4.67. The van der Waals surface area contributed by atoms with Gasteiger partial charge in [-0.15, -0.1) is 0 Å². The van der Waals surface area contributed by atoms with E-state index >= 15 is 0 Å². The van der Waals surface area contributed by atoms with Gasteiger partial charge in [0.2, 0.25) is 0 Å². The van der Waals surface area contributed by atoms with Gasteiger partial charge in [-0.25, -0.2) is 4.79 Å². The van der Waals surface area contributed by atoms with Crippen LogP contribution >= 0.6 is 0 Å². The lowest BCUT2D eigenvalue weighted by Crippen LogP contribution is -2.09. The number of hydrogen-bond acceptors (Lipinski definition) is 6. The van der Waals surface area contributed by atoms with Crippen LogP contribution in [-0.4, -0.2) is 15.8 Å². The molecule has 23 heavy (non-hydrogen) atoms. The molecule has 0 atom stereocenters. The first kappa shape index (κ1) is 16.1. The number of nitro groups is 2. The molecule has 8 heteroatoms. The highest BCUT2D eigenvalue weighted by Gasteiger charge is 2.20. The number of nitro benzene ring substituents is 2. The van der Waals surface area contributed by atoms with Gasteiger partial charge < -0.3 is 4.74 Å². The van der Waals surface area contributed by atoms with Crippen molar-refractivity contribution < 1.29 is 19.4 Å². The summed E-state index contributed by atoms with van der Waals surface area (Å²) in [5, 5.41) is 21.8. The number of ether oxygens (including phenoxy) is 1. The predicted molar refractivity (Wildman–Crippen MR) is 80.0 cm³/mol. The van der Waals surface area contributed by atoms with Gasteiger partial charge in [-0.2, -0.15) is 0 Å². The Labute approximate surface area is 130 Å². The number of carbonyl (C=O) groups excluding carboxylic acids is 1. The monoisotopic (exact) mass is 316 g/mol. The van der Waals surface area contributed by atoms with Crippen LogP contribution in [-0.2, 0) is 11.3 Å². The molecular formula is C15H12N2O6. The SMILES string of the molecule is Cc1c(C(=O)OCc2ccccc2[N+](=O)[O-])cccc1[N+](=O)[O-]. The molecule has 0 amide bonds. The summed E-state index contributed by atoms with van der Waals surface area (Å²) in [6.45, 7) is 1.15. The molecule has 0 heterocycles. The minimum atomic E-state index is -0.774. The van der Waals surface area contributed by atoms with Crippen molar-refractivity contribution in [2.45, 2.75) is 13.5 Å². The van der Waals surface area contributed by atoms with Crippen LogP contribution in [0.4, 0.5) is 11.4 Å².